The number of nitrogens with zero attached hydrogens (tertiary/aromatic N) is 1. The van der Waals surface area contributed by atoms with E-state index in [0.29, 0.717) is 17.4 Å². The van der Waals surface area contributed by atoms with Crippen LogP contribution in [0.5, 0.6) is 11.5 Å². The van der Waals surface area contributed by atoms with Crippen LogP contribution in [0, 0.1) is 0 Å². The van der Waals surface area contributed by atoms with E-state index in [4.69, 9.17) is 9.47 Å². The standard InChI is InChI=1S/C15H19NO3/c1-10(2)11-5-6-12(18-3)14(19-4)13(11)15(7-8-15)16-9-17/h5-6,10H,7-8H2,1-4H3. The molecule has 0 bridgehead atoms. The molecule has 0 spiro atoms. The zero-order valence-electron chi connectivity index (χ0n) is 11.8. The molecule has 0 saturated heterocycles. The molecule has 0 atom stereocenters. The minimum atomic E-state index is -0.457. The van der Waals surface area contributed by atoms with Gasteiger partial charge in [-0.2, -0.15) is 4.99 Å². The molecule has 1 aromatic carbocycles. The third kappa shape index (κ3) is 2.24. The van der Waals surface area contributed by atoms with Crippen molar-refractivity contribution in [2.45, 2.75) is 38.1 Å². The number of methoxy groups -OCH3 is 2. The number of isocyanates is 1. The van der Waals surface area contributed by atoms with Crippen LogP contribution in [0.1, 0.15) is 43.7 Å². The molecular formula is C15H19NO3. The van der Waals surface area contributed by atoms with Gasteiger partial charge in [-0.15, -0.1) is 0 Å². The molecule has 1 aliphatic carbocycles. The molecule has 1 saturated carbocycles. The summed E-state index contributed by atoms with van der Waals surface area (Å²) in [6.07, 6.45) is 3.41. The molecular weight excluding hydrogens is 242 g/mol. The highest BCUT2D eigenvalue weighted by Gasteiger charge is 2.49. The number of rotatable bonds is 5. The highest BCUT2D eigenvalue weighted by atomic mass is 16.5. The summed E-state index contributed by atoms with van der Waals surface area (Å²) in [5, 5.41) is 0. The lowest BCUT2D eigenvalue weighted by Gasteiger charge is -2.22. The summed E-state index contributed by atoms with van der Waals surface area (Å²) in [5.41, 5.74) is 1.67. The average Bonchev–Trinajstić information content (AvgIpc) is 3.17. The summed E-state index contributed by atoms with van der Waals surface area (Å²) in [4.78, 5) is 14.7. The fourth-order valence-corrected chi connectivity index (χ4v) is 2.53. The molecule has 1 aromatic rings. The Balaban J connectivity index is 2.70. The van der Waals surface area contributed by atoms with Crippen molar-refractivity contribution in [1.82, 2.24) is 0 Å². The monoisotopic (exact) mass is 261 g/mol. The molecule has 102 valence electrons. The van der Waals surface area contributed by atoms with Crippen molar-refractivity contribution in [2.24, 2.45) is 4.99 Å². The molecule has 1 aliphatic rings. The van der Waals surface area contributed by atoms with Gasteiger partial charge in [-0.1, -0.05) is 19.9 Å². The Morgan fingerprint density at radius 2 is 1.95 bits per heavy atom. The number of benzene rings is 1. The van der Waals surface area contributed by atoms with Crippen molar-refractivity contribution in [1.29, 1.82) is 0 Å². The number of hydrogen-bond donors (Lipinski definition) is 0. The van der Waals surface area contributed by atoms with E-state index in [2.05, 4.69) is 18.8 Å². The summed E-state index contributed by atoms with van der Waals surface area (Å²) in [7, 11) is 3.23. The number of carbonyl (C=O) groups excluding carboxylic acids is 1. The number of hydrogen-bond acceptors (Lipinski definition) is 4. The first-order valence-electron chi connectivity index (χ1n) is 6.44. The summed E-state index contributed by atoms with van der Waals surface area (Å²) < 4.78 is 10.9. The Labute approximate surface area is 113 Å². The lowest BCUT2D eigenvalue weighted by molar-refractivity contribution is 0.347. The van der Waals surface area contributed by atoms with Gasteiger partial charge in [-0.05, 0) is 30.4 Å². The van der Waals surface area contributed by atoms with Crippen LogP contribution in [0.3, 0.4) is 0 Å². The van der Waals surface area contributed by atoms with E-state index in [1.807, 2.05) is 12.1 Å². The molecule has 0 aromatic heterocycles. The van der Waals surface area contributed by atoms with Crippen LogP contribution in [0.4, 0.5) is 0 Å². The average molecular weight is 261 g/mol. The Kier molecular flexibility index (Phi) is 3.63. The molecule has 2 rings (SSSR count). The third-order valence-electron chi connectivity index (χ3n) is 3.65. The van der Waals surface area contributed by atoms with Gasteiger partial charge in [0, 0.05) is 5.56 Å². The zero-order chi connectivity index (χ0) is 14.0. The molecule has 4 nitrogen and oxygen atoms in total. The first-order valence-corrected chi connectivity index (χ1v) is 6.44. The smallest absolute Gasteiger partial charge is 0.235 e. The van der Waals surface area contributed by atoms with Crippen molar-refractivity contribution in [3.8, 4) is 11.5 Å². The van der Waals surface area contributed by atoms with Crippen LogP contribution in [-0.4, -0.2) is 20.3 Å². The Hall–Kier alpha value is -1.80. The summed E-state index contributed by atoms with van der Waals surface area (Å²) in [5.74, 6) is 1.69. The van der Waals surface area contributed by atoms with E-state index < -0.39 is 5.54 Å². The maximum absolute atomic E-state index is 10.7. The second kappa shape index (κ2) is 5.06. The maximum Gasteiger partial charge on any atom is 0.235 e. The van der Waals surface area contributed by atoms with E-state index in [1.54, 1.807) is 20.3 Å². The first-order chi connectivity index (χ1) is 9.09. The van der Waals surface area contributed by atoms with Crippen molar-refractivity contribution in [3.05, 3.63) is 23.3 Å². The molecule has 0 amide bonds. The second-order valence-corrected chi connectivity index (χ2v) is 5.15. The van der Waals surface area contributed by atoms with E-state index in [0.717, 1.165) is 24.0 Å². The summed E-state index contributed by atoms with van der Waals surface area (Å²) >= 11 is 0. The molecule has 0 N–H and O–H groups in total. The lowest BCUT2D eigenvalue weighted by atomic mass is 9.90. The van der Waals surface area contributed by atoms with Crippen molar-refractivity contribution >= 4 is 6.08 Å². The van der Waals surface area contributed by atoms with Gasteiger partial charge in [0.2, 0.25) is 6.08 Å². The normalized spacial score (nSPS) is 15.8. The number of aliphatic imine (C=N–C) groups is 1. The van der Waals surface area contributed by atoms with Crippen molar-refractivity contribution < 1.29 is 14.3 Å². The highest BCUT2D eigenvalue weighted by Crippen LogP contribution is 2.56. The Morgan fingerprint density at radius 3 is 2.37 bits per heavy atom. The lowest BCUT2D eigenvalue weighted by Crippen LogP contribution is -2.11. The molecule has 1 fully saturated rings. The van der Waals surface area contributed by atoms with Crippen molar-refractivity contribution in [3.63, 3.8) is 0 Å². The van der Waals surface area contributed by atoms with Gasteiger partial charge in [-0.3, -0.25) is 0 Å². The van der Waals surface area contributed by atoms with Crippen LogP contribution in [-0.2, 0) is 10.3 Å². The molecule has 19 heavy (non-hydrogen) atoms. The van der Waals surface area contributed by atoms with Crippen LogP contribution >= 0.6 is 0 Å². The third-order valence-corrected chi connectivity index (χ3v) is 3.65. The molecule has 4 heteroatoms. The quantitative estimate of drug-likeness (QED) is 0.604. The molecule has 0 unspecified atom stereocenters. The van der Waals surface area contributed by atoms with E-state index in [-0.39, 0.29) is 0 Å². The molecule has 0 radical (unpaired) electrons. The van der Waals surface area contributed by atoms with Gasteiger partial charge in [0.15, 0.2) is 11.5 Å². The van der Waals surface area contributed by atoms with E-state index in [9.17, 15) is 4.79 Å². The predicted octanol–water partition coefficient (Wildman–Crippen LogP) is 3.15. The fraction of sp³-hybridized carbons (Fsp3) is 0.533. The van der Waals surface area contributed by atoms with Gasteiger partial charge in [0.1, 0.15) is 5.54 Å². The Bertz CT molecular complexity index is 526. The van der Waals surface area contributed by atoms with Crippen molar-refractivity contribution in [2.75, 3.05) is 14.2 Å². The molecule has 0 aliphatic heterocycles. The topological polar surface area (TPSA) is 47.9 Å². The first kappa shape index (κ1) is 13.6. The summed E-state index contributed by atoms with van der Waals surface area (Å²) in [6.45, 7) is 4.23. The molecule has 0 heterocycles. The predicted molar refractivity (Wildman–Crippen MR) is 72.7 cm³/mol. The number of ether oxygens (including phenoxy) is 2. The van der Waals surface area contributed by atoms with Crippen LogP contribution in [0.2, 0.25) is 0 Å². The zero-order valence-corrected chi connectivity index (χ0v) is 11.8. The SMILES string of the molecule is COc1ccc(C(C)C)c(C2(N=C=O)CC2)c1OC. The van der Waals surface area contributed by atoms with Gasteiger partial charge in [-0.25, -0.2) is 4.79 Å². The van der Waals surface area contributed by atoms with E-state index >= 15 is 0 Å². The fourth-order valence-electron chi connectivity index (χ4n) is 2.53. The Morgan fingerprint density at radius 1 is 1.26 bits per heavy atom. The largest absolute Gasteiger partial charge is 0.493 e. The maximum atomic E-state index is 10.7. The van der Waals surface area contributed by atoms with Gasteiger partial charge < -0.3 is 9.47 Å². The van der Waals surface area contributed by atoms with Crippen LogP contribution < -0.4 is 9.47 Å². The second-order valence-electron chi connectivity index (χ2n) is 5.15. The van der Waals surface area contributed by atoms with Gasteiger partial charge >= 0.3 is 0 Å². The highest BCUT2D eigenvalue weighted by molar-refractivity contribution is 5.58. The minimum absolute atomic E-state index is 0.328. The summed E-state index contributed by atoms with van der Waals surface area (Å²) in [6, 6.07) is 3.93. The minimum Gasteiger partial charge on any atom is -0.493 e. The van der Waals surface area contributed by atoms with Crippen LogP contribution in [0.25, 0.3) is 0 Å². The van der Waals surface area contributed by atoms with Gasteiger partial charge in [0.25, 0.3) is 0 Å². The van der Waals surface area contributed by atoms with Crippen LogP contribution in [0.15, 0.2) is 17.1 Å². The van der Waals surface area contributed by atoms with E-state index in [1.165, 1.54) is 0 Å². The van der Waals surface area contributed by atoms with Gasteiger partial charge in [0.05, 0.1) is 14.2 Å².